The zero-order valence-electron chi connectivity index (χ0n) is 8.03. The lowest BCUT2D eigenvalue weighted by Crippen LogP contribution is -2.00. The van der Waals surface area contributed by atoms with Gasteiger partial charge in [0.25, 0.3) is 0 Å². The quantitative estimate of drug-likeness (QED) is 0.523. The van der Waals surface area contributed by atoms with Gasteiger partial charge in [-0.2, -0.15) is 0 Å². The monoisotopic (exact) mass is 192 g/mol. The second kappa shape index (κ2) is 5.17. The van der Waals surface area contributed by atoms with E-state index in [9.17, 15) is 9.59 Å². The van der Waals surface area contributed by atoms with Gasteiger partial charge in [-0.05, 0) is 24.1 Å². The number of carbonyl (C=O) groups is 2. The van der Waals surface area contributed by atoms with Crippen molar-refractivity contribution in [1.29, 1.82) is 0 Å². The summed E-state index contributed by atoms with van der Waals surface area (Å²) >= 11 is 0. The fourth-order valence-electron chi connectivity index (χ4n) is 1.12. The molecule has 3 nitrogen and oxygen atoms in total. The Morgan fingerprint density at radius 2 is 2.00 bits per heavy atom. The smallest absolute Gasteiger partial charge is 0.195 e. The van der Waals surface area contributed by atoms with Crippen molar-refractivity contribution in [3.63, 3.8) is 0 Å². The normalized spacial score (nSPS) is 9.50. The molecule has 0 heterocycles. The van der Waals surface area contributed by atoms with Crippen LogP contribution in [0.4, 0.5) is 0 Å². The molecular weight excluding hydrogens is 180 g/mol. The molecule has 1 aromatic carbocycles. The summed E-state index contributed by atoms with van der Waals surface area (Å²) < 4.78 is 4.99. The Kier molecular flexibility index (Phi) is 3.85. The van der Waals surface area contributed by atoms with Crippen LogP contribution in [0, 0.1) is 0 Å². The number of aldehydes is 1. The molecule has 0 aromatic heterocycles. The number of methoxy groups -OCH3 is 1. The lowest BCUT2D eigenvalue weighted by molar-refractivity contribution is -0.129. The zero-order valence-corrected chi connectivity index (χ0v) is 8.03. The summed E-state index contributed by atoms with van der Waals surface area (Å²) in [7, 11) is 1.60. The van der Waals surface area contributed by atoms with Crippen LogP contribution >= 0.6 is 0 Å². The van der Waals surface area contributed by atoms with Crippen molar-refractivity contribution in [2.45, 2.75) is 12.8 Å². The average Bonchev–Trinajstić information content (AvgIpc) is 2.26. The molecule has 0 unspecified atom stereocenters. The van der Waals surface area contributed by atoms with E-state index in [1.54, 1.807) is 7.11 Å². The Morgan fingerprint density at radius 3 is 2.50 bits per heavy atom. The van der Waals surface area contributed by atoms with E-state index in [2.05, 4.69) is 0 Å². The molecule has 0 aliphatic carbocycles. The molecule has 0 N–H and O–H groups in total. The summed E-state index contributed by atoms with van der Waals surface area (Å²) in [5.74, 6) is 0.427. The highest BCUT2D eigenvalue weighted by Crippen LogP contribution is 2.12. The van der Waals surface area contributed by atoms with Gasteiger partial charge in [-0.3, -0.25) is 9.59 Å². The maximum atomic E-state index is 10.7. The Bertz CT molecular complexity index is 314. The molecule has 0 amide bonds. The lowest BCUT2D eigenvalue weighted by atomic mass is 10.1. The average molecular weight is 192 g/mol. The topological polar surface area (TPSA) is 43.4 Å². The minimum atomic E-state index is -0.360. The van der Waals surface area contributed by atoms with E-state index >= 15 is 0 Å². The molecule has 0 atom stereocenters. The second-order valence-corrected chi connectivity index (χ2v) is 2.93. The summed E-state index contributed by atoms with van der Waals surface area (Å²) in [5.41, 5.74) is 1.03. The van der Waals surface area contributed by atoms with Gasteiger partial charge in [-0.15, -0.1) is 0 Å². The largest absolute Gasteiger partial charge is 0.497 e. The van der Waals surface area contributed by atoms with Crippen LogP contribution < -0.4 is 4.74 Å². The van der Waals surface area contributed by atoms with Gasteiger partial charge in [-0.1, -0.05) is 12.1 Å². The molecule has 0 fully saturated rings. The standard InChI is InChI=1S/C11H12O3/c1-14-11-6-3-9(4-7-11)2-5-10(13)8-12/h3-4,6-8H,2,5H2,1H3. The van der Waals surface area contributed by atoms with Crippen LogP contribution in [0.5, 0.6) is 5.75 Å². The van der Waals surface area contributed by atoms with E-state index in [4.69, 9.17) is 4.74 Å². The summed E-state index contributed by atoms with van der Waals surface area (Å²) in [6.45, 7) is 0. The van der Waals surface area contributed by atoms with Crippen molar-refractivity contribution in [2.24, 2.45) is 0 Å². The molecule has 14 heavy (non-hydrogen) atoms. The number of Topliss-reactive ketones (excluding diaryl/α,β-unsaturated/α-hetero) is 1. The van der Waals surface area contributed by atoms with Gasteiger partial charge in [0.15, 0.2) is 12.1 Å². The van der Waals surface area contributed by atoms with Crippen molar-refractivity contribution in [3.05, 3.63) is 29.8 Å². The maximum absolute atomic E-state index is 10.7. The molecule has 0 saturated carbocycles. The highest BCUT2D eigenvalue weighted by Gasteiger charge is 2.00. The molecule has 0 saturated heterocycles. The second-order valence-electron chi connectivity index (χ2n) is 2.93. The number of benzene rings is 1. The lowest BCUT2D eigenvalue weighted by Gasteiger charge is -2.01. The third-order valence-corrected chi connectivity index (χ3v) is 1.95. The number of ether oxygens (including phenoxy) is 1. The van der Waals surface area contributed by atoms with E-state index in [1.807, 2.05) is 24.3 Å². The molecule has 3 heteroatoms. The van der Waals surface area contributed by atoms with Crippen LogP contribution in [-0.4, -0.2) is 19.2 Å². The number of rotatable bonds is 5. The van der Waals surface area contributed by atoms with E-state index in [1.165, 1.54) is 0 Å². The van der Waals surface area contributed by atoms with Crippen LogP contribution in [0.25, 0.3) is 0 Å². The molecule has 0 bridgehead atoms. The minimum absolute atomic E-state index is 0.274. The van der Waals surface area contributed by atoms with Crippen molar-refractivity contribution >= 4 is 12.1 Å². The maximum Gasteiger partial charge on any atom is 0.195 e. The summed E-state index contributed by atoms with van der Waals surface area (Å²) in [6, 6.07) is 7.44. The van der Waals surface area contributed by atoms with Gasteiger partial charge in [0.2, 0.25) is 0 Å². The number of hydrogen-bond donors (Lipinski definition) is 0. The van der Waals surface area contributed by atoms with Gasteiger partial charge >= 0.3 is 0 Å². The number of hydrogen-bond acceptors (Lipinski definition) is 3. The molecule has 1 rings (SSSR count). The summed E-state index contributed by atoms with van der Waals surface area (Å²) in [4.78, 5) is 20.8. The van der Waals surface area contributed by atoms with Crippen LogP contribution in [-0.2, 0) is 16.0 Å². The van der Waals surface area contributed by atoms with E-state index in [-0.39, 0.29) is 12.2 Å². The number of ketones is 1. The Balaban J connectivity index is 2.51. The first-order valence-corrected chi connectivity index (χ1v) is 4.37. The van der Waals surface area contributed by atoms with Crippen molar-refractivity contribution < 1.29 is 14.3 Å². The fourth-order valence-corrected chi connectivity index (χ4v) is 1.12. The Morgan fingerprint density at radius 1 is 1.36 bits per heavy atom. The molecule has 0 spiro atoms. The van der Waals surface area contributed by atoms with Crippen LogP contribution in [0.3, 0.4) is 0 Å². The molecule has 0 aliphatic heterocycles. The van der Waals surface area contributed by atoms with Crippen LogP contribution in [0.1, 0.15) is 12.0 Å². The first-order chi connectivity index (χ1) is 6.76. The molecule has 74 valence electrons. The van der Waals surface area contributed by atoms with Gasteiger partial charge < -0.3 is 4.74 Å². The third kappa shape index (κ3) is 3.01. The first-order valence-electron chi connectivity index (χ1n) is 4.37. The van der Waals surface area contributed by atoms with Gasteiger partial charge in [-0.25, -0.2) is 0 Å². The molecule has 0 aliphatic rings. The number of carbonyl (C=O) groups excluding carboxylic acids is 2. The third-order valence-electron chi connectivity index (χ3n) is 1.95. The van der Waals surface area contributed by atoms with E-state index in [0.717, 1.165) is 11.3 Å². The van der Waals surface area contributed by atoms with E-state index in [0.29, 0.717) is 12.7 Å². The fraction of sp³-hybridized carbons (Fsp3) is 0.273. The van der Waals surface area contributed by atoms with Crippen LogP contribution in [0.15, 0.2) is 24.3 Å². The van der Waals surface area contributed by atoms with Gasteiger partial charge in [0.1, 0.15) is 5.75 Å². The highest BCUT2D eigenvalue weighted by atomic mass is 16.5. The van der Waals surface area contributed by atoms with Crippen molar-refractivity contribution in [1.82, 2.24) is 0 Å². The van der Waals surface area contributed by atoms with Crippen molar-refractivity contribution in [2.75, 3.05) is 7.11 Å². The summed E-state index contributed by atoms with van der Waals surface area (Å²) in [6.07, 6.45) is 1.24. The molecular formula is C11H12O3. The minimum Gasteiger partial charge on any atom is -0.497 e. The van der Waals surface area contributed by atoms with Gasteiger partial charge in [0.05, 0.1) is 7.11 Å². The Labute approximate surface area is 82.7 Å². The summed E-state index contributed by atoms with van der Waals surface area (Å²) in [5, 5.41) is 0. The van der Waals surface area contributed by atoms with Crippen LogP contribution in [0.2, 0.25) is 0 Å². The highest BCUT2D eigenvalue weighted by molar-refractivity contribution is 6.24. The molecule has 0 radical (unpaired) electrons. The number of aryl methyl sites for hydroxylation is 1. The predicted molar refractivity (Wildman–Crippen MR) is 52.4 cm³/mol. The molecule has 1 aromatic rings. The van der Waals surface area contributed by atoms with Crippen molar-refractivity contribution in [3.8, 4) is 5.75 Å². The van der Waals surface area contributed by atoms with E-state index < -0.39 is 0 Å². The Hall–Kier alpha value is -1.64. The first kappa shape index (κ1) is 10.4. The zero-order chi connectivity index (χ0) is 10.4. The predicted octanol–water partition coefficient (Wildman–Crippen LogP) is 1.40. The SMILES string of the molecule is COc1ccc(CCC(=O)C=O)cc1. The van der Waals surface area contributed by atoms with Gasteiger partial charge in [0, 0.05) is 6.42 Å².